The number of hydrogen-bond donors (Lipinski definition) is 1. The summed E-state index contributed by atoms with van der Waals surface area (Å²) in [5, 5.41) is 9.78. The molecular weight excluding hydrogens is 164 g/mol. The van der Waals surface area contributed by atoms with Crippen molar-refractivity contribution >= 4 is 11.6 Å². The summed E-state index contributed by atoms with van der Waals surface area (Å²) >= 11 is 5.66. The molecule has 2 nitrogen and oxygen atoms in total. The maximum absolute atomic E-state index is 9.26. The Bertz CT molecular complexity index is 248. The molecule has 0 fully saturated rings. The molecule has 0 spiro atoms. The van der Waals surface area contributed by atoms with Gasteiger partial charge in [0.15, 0.2) is 11.5 Å². The topological polar surface area (TPSA) is 29.5 Å². The van der Waals surface area contributed by atoms with Crippen molar-refractivity contribution in [2.75, 3.05) is 7.11 Å². The average Bonchev–Trinajstić information content (AvgIpc) is 1.85. The second kappa shape index (κ2) is 3.01. The summed E-state index contributed by atoms with van der Waals surface area (Å²) in [5.41, 5.74) is 0.831. The Morgan fingerprint density at radius 3 is 2.55 bits per heavy atom. The fraction of sp³-hybridized carbons (Fsp3) is 0.250. The quantitative estimate of drug-likeness (QED) is 0.705. The van der Waals surface area contributed by atoms with Gasteiger partial charge >= 0.3 is 0 Å². The van der Waals surface area contributed by atoms with Crippen molar-refractivity contribution in [2.45, 2.75) is 6.92 Å². The minimum atomic E-state index is 0.0810. The molecule has 0 saturated heterocycles. The smallest absolute Gasteiger partial charge is 0.163 e. The number of aromatic hydroxyl groups is 1. The predicted molar refractivity (Wildman–Crippen MR) is 44.4 cm³/mol. The highest BCUT2D eigenvalue weighted by molar-refractivity contribution is 6.30. The van der Waals surface area contributed by atoms with Gasteiger partial charge in [0.2, 0.25) is 0 Å². The number of halogens is 1. The molecular formula is C8H9ClO2. The van der Waals surface area contributed by atoms with Gasteiger partial charge in [0.05, 0.1) is 7.11 Å². The highest BCUT2D eigenvalue weighted by Gasteiger charge is 2.05. The van der Waals surface area contributed by atoms with E-state index in [-0.39, 0.29) is 5.75 Å². The first-order valence-corrected chi connectivity index (χ1v) is 3.56. The zero-order valence-corrected chi connectivity index (χ0v) is 7.14. The highest BCUT2D eigenvalue weighted by Crippen LogP contribution is 2.32. The van der Waals surface area contributed by atoms with Gasteiger partial charge in [-0.05, 0) is 18.6 Å². The average molecular weight is 173 g/mol. The Balaban J connectivity index is 3.25. The molecule has 0 aliphatic heterocycles. The van der Waals surface area contributed by atoms with Crippen LogP contribution in [0.4, 0.5) is 0 Å². The van der Waals surface area contributed by atoms with Crippen LogP contribution in [0.25, 0.3) is 0 Å². The van der Waals surface area contributed by atoms with Crippen molar-refractivity contribution in [3.8, 4) is 11.5 Å². The number of phenolic OH excluding ortho intramolecular Hbond substituents is 1. The zero-order valence-electron chi connectivity index (χ0n) is 6.39. The number of methoxy groups -OCH3 is 1. The Morgan fingerprint density at radius 1 is 1.45 bits per heavy atom. The van der Waals surface area contributed by atoms with Gasteiger partial charge in [0.1, 0.15) is 0 Å². The van der Waals surface area contributed by atoms with Gasteiger partial charge in [0, 0.05) is 11.1 Å². The third-order valence-electron chi connectivity index (χ3n) is 1.42. The van der Waals surface area contributed by atoms with E-state index in [1.807, 2.05) is 6.92 Å². The Hall–Kier alpha value is -0.890. The summed E-state index contributed by atoms with van der Waals surface area (Å²) in [6.45, 7) is 1.82. The lowest BCUT2D eigenvalue weighted by Crippen LogP contribution is -1.87. The third kappa shape index (κ3) is 1.57. The lowest BCUT2D eigenvalue weighted by atomic mass is 10.2. The maximum Gasteiger partial charge on any atom is 0.163 e. The fourth-order valence-electron chi connectivity index (χ4n) is 0.978. The van der Waals surface area contributed by atoms with Crippen molar-refractivity contribution in [3.05, 3.63) is 22.7 Å². The van der Waals surface area contributed by atoms with Gasteiger partial charge < -0.3 is 9.84 Å². The minimum Gasteiger partial charge on any atom is -0.504 e. The molecule has 0 radical (unpaired) electrons. The second-order valence-corrected chi connectivity index (χ2v) is 2.71. The SMILES string of the molecule is COc1c(C)cc(Cl)cc1O. The monoisotopic (exact) mass is 172 g/mol. The van der Waals surface area contributed by atoms with Crippen molar-refractivity contribution in [1.82, 2.24) is 0 Å². The summed E-state index contributed by atoms with van der Waals surface area (Å²) in [5.74, 6) is 0.562. The van der Waals surface area contributed by atoms with Crippen LogP contribution in [-0.2, 0) is 0 Å². The van der Waals surface area contributed by atoms with E-state index in [0.29, 0.717) is 10.8 Å². The maximum atomic E-state index is 9.26. The van der Waals surface area contributed by atoms with E-state index in [4.69, 9.17) is 16.3 Å². The molecule has 1 aromatic carbocycles. The Morgan fingerprint density at radius 2 is 2.09 bits per heavy atom. The summed E-state index contributed by atoms with van der Waals surface area (Å²) < 4.78 is 4.92. The molecule has 0 aliphatic carbocycles. The molecule has 0 atom stereocenters. The van der Waals surface area contributed by atoms with Crippen LogP contribution in [-0.4, -0.2) is 12.2 Å². The van der Waals surface area contributed by atoms with Gasteiger partial charge in [-0.1, -0.05) is 11.6 Å². The predicted octanol–water partition coefficient (Wildman–Crippen LogP) is 2.36. The van der Waals surface area contributed by atoms with Crippen LogP contribution in [0.2, 0.25) is 5.02 Å². The first-order valence-electron chi connectivity index (χ1n) is 3.18. The van der Waals surface area contributed by atoms with Crippen molar-refractivity contribution in [2.24, 2.45) is 0 Å². The molecule has 1 aromatic rings. The minimum absolute atomic E-state index is 0.0810. The van der Waals surface area contributed by atoms with Crippen molar-refractivity contribution in [1.29, 1.82) is 0 Å². The van der Waals surface area contributed by atoms with Crippen LogP contribution < -0.4 is 4.74 Å². The summed E-state index contributed by atoms with van der Waals surface area (Å²) in [6.07, 6.45) is 0. The first-order chi connectivity index (χ1) is 5.15. The summed E-state index contributed by atoms with van der Waals surface area (Å²) in [6, 6.07) is 3.19. The van der Waals surface area contributed by atoms with E-state index in [1.165, 1.54) is 13.2 Å². The van der Waals surface area contributed by atoms with Gasteiger partial charge in [-0.25, -0.2) is 0 Å². The molecule has 0 heterocycles. The number of rotatable bonds is 1. The van der Waals surface area contributed by atoms with Gasteiger partial charge in [-0.3, -0.25) is 0 Å². The Labute approximate surface area is 70.4 Å². The van der Waals surface area contributed by atoms with Gasteiger partial charge in [0.25, 0.3) is 0 Å². The first kappa shape index (κ1) is 8.21. The number of ether oxygens (including phenoxy) is 1. The van der Waals surface area contributed by atoms with Crippen LogP contribution in [0, 0.1) is 6.92 Å². The standard InChI is InChI=1S/C8H9ClO2/c1-5-3-6(9)4-7(10)8(5)11-2/h3-4,10H,1-2H3. The lowest BCUT2D eigenvalue weighted by molar-refractivity contribution is 0.371. The van der Waals surface area contributed by atoms with Crippen LogP contribution >= 0.6 is 11.6 Å². The molecule has 60 valence electrons. The molecule has 0 aliphatic rings. The van der Waals surface area contributed by atoms with Crippen molar-refractivity contribution in [3.63, 3.8) is 0 Å². The fourth-order valence-corrected chi connectivity index (χ4v) is 1.24. The normalized spacial score (nSPS) is 9.73. The number of hydrogen-bond acceptors (Lipinski definition) is 2. The molecule has 0 saturated carbocycles. The zero-order chi connectivity index (χ0) is 8.43. The van der Waals surface area contributed by atoms with E-state index >= 15 is 0 Å². The van der Waals surface area contributed by atoms with Crippen LogP contribution in [0.15, 0.2) is 12.1 Å². The number of aryl methyl sites for hydroxylation is 1. The van der Waals surface area contributed by atoms with Crippen LogP contribution in [0.3, 0.4) is 0 Å². The van der Waals surface area contributed by atoms with E-state index in [9.17, 15) is 5.11 Å². The Kier molecular flexibility index (Phi) is 2.25. The second-order valence-electron chi connectivity index (χ2n) is 2.28. The number of benzene rings is 1. The van der Waals surface area contributed by atoms with E-state index in [0.717, 1.165) is 5.56 Å². The van der Waals surface area contributed by atoms with E-state index in [2.05, 4.69) is 0 Å². The van der Waals surface area contributed by atoms with Crippen LogP contribution in [0.5, 0.6) is 11.5 Å². The lowest BCUT2D eigenvalue weighted by Gasteiger charge is -2.06. The van der Waals surface area contributed by atoms with Gasteiger partial charge in [-0.15, -0.1) is 0 Å². The molecule has 3 heteroatoms. The third-order valence-corrected chi connectivity index (χ3v) is 1.64. The molecule has 1 N–H and O–H groups in total. The summed E-state index contributed by atoms with van der Waals surface area (Å²) in [7, 11) is 1.51. The number of phenols is 1. The van der Waals surface area contributed by atoms with E-state index in [1.54, 1.807) is 6.07 Å². The molecule has 11 heavy (non-hydrogen) atoms. The van der Waals surface area contributed by atoms with Crippen LogP contribution in [0.1, 0.15) is 5.56 Å². The summed E-state index contributed by atoms with van der Waals surface area (Å²) in [4.78, 5) is 0. The van der Waals surface area contributed by atoms with Gasteiger partial charge in [-0.2, -0.15) is 0 Å². The largest absolute Gasteiger partial charge is 0.504 e. The molecule has 0 aromatic heterocycles. The highest BCUT2D eigenvalue weighted by atomic mass is 35.5. The molecule has 1 rings (SSSR count). The molecule has 0 unspecified atom stereocenters. The van der Waals surface area contributed by atoms with Crippen molar-refractivity contribution < 1.29 is 9.84 Å². The van der Waals surface area contributed by atoms with E-state index < -0.39 is 0 Å². The molecule has 0 bridgehead atoms. The molecule has 0 amide bonds.